The molecular weight excluding hydrogens is 263 g/mol. The van der Waals surface area contributed by atoms with Gasteiger partial charge in [-0.25, -0.2) is 13.2 Å². The predicted molar refractivity (Wildman–Crippen MR) is 56.4 cm³/mol. The van der Waals surface area contributed by atoms with Gasteiger partial charge < -0.3 is 5.32 Å². The SMILES string of the molecule is CC(NC(=O)c1ccc(F)c(F)c1F)c1nn[nH]n1. The lowest BCUT2D eigenvalue weighted by Crippen LogP contribution is -2.28. The maximum atomic E-state index is 13.4. The Morgan fingerprint density at radius 3 is 2.68 bits per heavy atom. The van der Waals surface area contributed by atoms with Gasteiger partial charge in [0.1, 0.15) is 0 Å². The minimum atomic E-state index is -1.69. The highest BCUT2D eigenvalue weighted by Crippen LogP contribution is 2.16. The van der Waals surface area contributed by atoms with E-state index in [0.29, 0.717) is 6.07 Å². The molecular formula is C10H8F3N5O. The largest absolute Gasteiger partial charge is 0.342 e. The van der Waals surface area contributed by atoms with Crippen molar-refractivity contribution < 1.29 is 18.0 Å². The summed E-state index contributed by atoms with van der Waals surface area (Å²) in [7, 11) is 0. The summed E-state index contributed by atoms with van der Waals surface area (Å²) < 4.78 is 39.1. The molecule has 1 amide bonds. The zero-order valence-corrected chi connectivity index (χ0v) is 9.62. The summed E-state index contributed by atoms with van der Waals surface area (Å²) in [5.74, 6) is -5.33. The molecule has 1 aromatic carbocycles. The number of tetrazole rings is 1. The van der Waals surface area contributed by atoms with Crippen molar-refractivity contribution >= 4 is 5.91 Å². The first kappa shape index (κ1) is 13.0. The van der Waals surface area contributed by atoms with E-state index in [2.05, 4.69) is 25.9 Å². The molecule has 19 heavy (non-hydrogen) atoms. The van der Waals surface area contributed by atoms with Gasteiger partial charge in [-0.1, -0.05) is 5.21 Å². The van der Waals surface area contributed by atoms with Crippen molar-refractivity contribution in [1.82, 2.24) is 25.9 Å². The highest BCUT2D eigenvalue weighted by atomic mass is 19.2. The van der Waals surface area contributed by atoms with Crippen LogP contribution in [0.25, 0.3) is 0 Å². The van der Waals surface area contributed by atoms with E-state index in [0.717, 1.165) is 6.07 Å². The Morgan fingerprint density at radius 1 is 1.32 bits per heavy atom. The molecule has 0 spiro atoms. The molecule has 1 heterocycles. The van der Waals surface area contributed by atoms with Crippen LogP contribution >= 0.6 is 0 Å². The van der Waals surface area contributed by atoms with Gasteiger partial charge in [0.05, 0.1) is 11.6 Å². The lowest BCUT2D eigenvalue weighted by molar-refractivity contribution is 0.0933. The van der Waals surface area contributed by atoms with Crippen LogP contribution in [-0.2, 0) is 0 Å². The monoisotopic (exact) mass is 271 g/mol. The van der Waals surface area contributed by atoms with Crippen LogP contribution in [-0.4, -0.2) is 26.5 Å². The number of hydrogen-bond acceptors (Lipinski definition) is 4. The van der Waals surface area contributed by atoms with Crippen LogP contribution in [0.15, 0.2) is 12.1 Å². The molecule has 6 nitrogen and oxygen atoms in total. The number of aromatic nitrogens is 4. The number of rotatable bonds is 3. The molecule has 0 aliphatic rings. The highest BCUT2D eigenvalue weighted by molar-refractivity contribution is 5.94. The summed E-state index contributed by atoms with van der Waals surface area (Å²) in [6.45, 7) is 1.53. The van der Waals surface area contributed by atoms with Gasteiger partial charge in [-0.15, -0.1) is 10.2 Å². The third-order valence-electron chi connectivity index (χ3n) is 2.38. The number of halogens is 3. The normalized spacial score (nSPS) is 12.2. The second-order valence-electron chi connectivity index (χ2n) is 3.69. The number of nitrogens with zero attached hydrogens (tertiary/aromatic N) is 3. The lowest BCUT2D eigenvalue weighted by Gasteiger charge is -2.10. The van der Waals surface area contributed by atoms with Gasteiger partial charge >= 0.3 is 0 Å². The molecule has 0 radical (unpaired) electrons. The van der Waals surface area contributed by atoms with Crippen LogP contribution < -0.4 is 5.32 Å². The molecule has 2 aromatic rings. The van der Waals surface area contributed by atoms with Crippen molar-refractivity contribution in [3.63, 3.8) is 0 Å². The van der Waals surface area contributed by atoms with Gasteiger partial charge in [-0.3, -0.25) is 4.79 Å². The minimum absolute atomic E-state index is 0.177. The molecule has 2 N–H and O–H groups in total. The molecule has 0 fully saturated rings. The van der Waals surface area contributed by atoms with Crippen molar-refractivity contribution in [3.8, 4) is 0 Å². The smallest absolute Gasteiger partial charge is 0.254 e. The average molecular weight is 271 g/mol. The van der Waals surface area contributed by atoms with Crippen molar-refractivity contribution in [3.05, 3.63) is 41.0 Å². The molecule has 0 bridgehead atoms. The van der Waals surface area contributed by atoms with E-state index < -0.39 is 35.0 Å². The quantitative estimate of drug-likeness (QED) is 0.819. The van der Waals surface area contributed by atoms with Gasteiger partial charge in [-0.05, 0) is 19.1 Å². The van der Waals surface area contributed by atoms with Gasteiger partial charge in [0.2, 0.25) is 0 Å². The maximum Gasteiger partial charge on any atom is 0.254 e. The van der Waals surface area contributed by atoms with E-state index >= 15 is 0 Å². The van der Waals surface area contributed by atoms with Gasteiger partial charge in [0.25, 0.3) is 5.91 Å². The summed E-state index contributed by atoms with van der Waals surface area (Å²) in [6, 6.07) is 0.858. The second-order valence-corrected chi connectivity index (χ2v) is 3.69. The van der Waals surface area contributed by atoms with Crippen molar-refractivity contribution in [2.45, 2.75) is 13.0 Å². The Hall–Kier alpha value is -2.45. The molecule has 0 saturated heterocycles. The van der Waals surface area contributed by atoms with Gasteiger partial charge in [-0.2, -0.15) is 5.21 Å². The van der Waals surface area contributed by atoms with Crippen LogP contribution in [0, 0.1) is 17.5 Å². The Labute approximate surface area is 105 Å². The van der Waals surface area contributed by atoms with Crippen molar-refractivity contribution in [2.75, 3.05) is 0 Å². The number of nitrogens with one attached hydrogen (secondary N) is 2. The zero-order valence-electron chi connectivity index (χ0n) is 9.62. The lowest BCUT2D eigenvalue weighted by atomic mass is 10.1. The number of carbonyl (C=O) groups is 1. The number of aromatic amines is 1. The van der Waals surface area contributed by atoms with Crippen LogP contribution in [0.4, 0.5) is 13.2 Å². The van der Waals surface area contributed by atoms with Crippen LogP contribution in [0.3, 0.4) is 0 Å². The zero-order chi connectivity index (χ0) is 14.0. The molecule has 100 valence electrons. The molecule has 0 aliphatic heterocycles. The van der Waals surface area contributed by atoms with Crippen molar-refractivity contribution in [2.24, 2.45) is 0 Å². The van der Waals surface area contributed by atoms with E-state index in [1.807, 2.05) is 0 Å². The first-order chi connectivity index (χ1) is 9.00. The summed E-state index contributed by atoms with van der Waals surface area (Å²) in [5, 5.41) is 15.1. The van der Waals surface area contributed by atoms with Crippen LogP contribution in [0.2, 0.25) is 0 Å². The topological polar surface area (TPSA) is 83.6 Å². The van der Waals surface area contributed by atoms with Gasteiger partial charge in [0.15, 0.2) is 23.3 Å². The summed E-state index contributed by atoms with van der Waals surface area (Å²) >= 11 is 0. The fourth-order valence-corrected chi connectivity index (χ4v) is 1.39. The number of H-pyrrole nitrogens is 1. The van der Waals surface area contributed by atoms with Gasteiger partial charge in [0, 0.05) is 0 Å². The Balaban J connectivity index is 2.19. The Morgan fingerprint density at radius 2 is 2.05 bits per heavy atom. The highest BCUT2D eigenvalue weighted by Gasteiger charge is 2.21. The number of amides is 1. The average Bonchev–Trinajstić information content (AvgIpc) is 2.89. The van der Waals surface area contributed by atoms with Crippen LogP contribution in [0.5, 0.6) is 0 Å². The van der Waals surface area contributed by atoms with Crippen LogP contribution in [0.1, 0.15) is 29.1 Å². The number of hydrogen-bond donors (Lipinski definition) is 2. The fourth-order valence-electron chi connectivity index (χ4n) is 1.39. The summed E-state index contributed by atoms with van der Waals surface area (Å²) in [4.78, 5) is 11.7. The Kier molecular flexibility index (Phi) is 3.45. The number of carbonyl (C=O) groups excluding carboxylic acids is 1. The molecule has 0 aliphatic carbocycles. The Bertz CT molecular complexity index is 601. The van der Waals surface area contributed by atoms with E-state index in [9.17, 15) is 18.0 Å². The first-order valence-electron chi connectivity index (χ1n) is 5.18. The molecule has 1 unspecified atom stereocenters. The minimum Gasteiger partial charge on any atom is -0.342 e. The van der Waals surface area contributed by atoms with E-state index in [1.165, 1.54) is 6.92 Å². The molecule has 1 aromatic heterocycles. The van der Waals surface area contributed by atoms with E-state index in [1.54, 1.807) is 0 Å². The molecule has 1 atom stereocenters. The summed E-state index contributed by atoms with van der Waals surface area (Å²) in [5.41, 5.74) is -0.603. The third-order valence-corrected chi connectivity index (χ3v) is 2.38. The molecule has 9 heteroatoms. The third kappa shape index (κ3) is 2.54. The first-order valence-corrected chi connectivity index (χ1v) is 5.18. The fraction of sp³-hybridized carbons (Fsp3) is 0.200. The molecule has 2 rings (SSSR count). The van der Waals surface area contributed by atoms with E-state index in [4.69, 9.17) is 0 Å². The molecule has 0 saturated carbocycles. The summed E-state index contributed by atoms with van der Waals surface area (Å²) in [6.07, 6.45) is 0. The predicted octanol–water partition coefficient (Wildman–Crippen LogP) is 1.11. The standard InChI is InChI=1S/C10H8F3N5O/c1-4(9-15-17-18-16-9)14-10(19)5-2-3-6(11)8(13)7(5)12/h2-4H,1H3,(H,14,19)(H,15,16,17,18). The van der Waals surface area contributed by atoms with Crippen molar-refractivity contribution in [1.29, 1.82) is 0 Å². The number of benzene rings is 1. The maximum absolute atomic E-state index is 13.4. The van der Waals surface area contributed by atoms with E-state index in [-0.39, 0.29) is 5.82 Å². The second kappa shape index (κ2) is 5.04.